The number of aliphatic hydroxyl groups excluding tert-OH is 1. The number of benzene rings is 2. The number of hydrogen-bond acceptors (Lipinski definition) is 10. The Balaban J connectivity index is 1.39. The number of aliphatic hydroxyl groups is 1. The van der Waals surface area contributed by atoms with Crippen LogP contribution in [-0.2, 0) is 6.42 Å². The molecule has 3 aromatic rings. The fraction of sp³-hybridized carbons (Fsp3) is 0.462. The summed E-state index contributed by atoms with van der Waals surface area (Å²) < 4.78 is 18.9. The molecule has 0 saturated carbocycles. The summed E-state index contributed by atoms with van der Waals surface area (Å²) in [4.78, 5) is 19.9. The smallest absolute Gasteiger partial charge is 0.256 e. The number of piperazine rings is 1. The monoisotopic (exact) mass is 521 g/mol. The average molecular weight is 522 g/mol. The molecule has 1 saturated heterocycles. The van der Waals surface area contributed by atoms with Crippen LogP contribution in [0.15, 0.2) is 30.3 Å². The van der Waals surface area contributed by atoms with Gasteiger partial charge < -0.3 is 24.2 Å². The van der Waals surface area contributed by atoms with E-state index in [1.165, 1.54) is 0 Å². The van der Waals surface area contributed by atoms with Crippen LogP contribution in [0.25, 0.3) is 5.69 Å². The van der Waals surface area contributed by atoms with Gasteiger partial charge in [-0.3, -0.25) is 14.6 Å². The summed E-state index contributed by atoms with van der Waals surface area (Å²) in [6.07, 6.45) is 0.814. The summed E-state index contributed by atoms with van der Waals surface area (Å²) in [5.41, 5.74) is 3.18. The molecular formula is C26H31N7O5. The van der Waals surface area contributed by atoms with Crippen molar-refractivity contribution in [3.8, 4) is 22.9 Å². The van der Waals surface area contributed by atoms with Gasteiger partial charge in [0.2, 0.25) is 12.5 Å². The number of likely N-dealkylation sites (N-methyl/N-ethyl adjacent to an activating group) is 1. The summed E-state index contributed by atoms with van der Waals surface area (Å²) in [6, 6.07) is 9.11. The predicted octanol–water partition coefficient (Wildman–Crippen LogP) is 0.727. The molecule has 0 aliphatic carbocycles. The lowest BCUT2D eigenvalue weighted by atomic mass is 9.90. The zero-order chi connectivity index (χ0) is 26.2. The number of ether oxygens (including phenoxy) is 3. The van der Waals surface area contributed by atoms with Gasteiger partial charge in [0.05, 0.1) is 25.0 Å². The van der Waals surface area contributed by atoms with Crippen molar-refractivity contribution in [1.82, 2.24) is 34.9 Å². The van der Waals surface area contributed by atoms with E-state index in [4.69, 9.17) is 14.2 Å². The van der Waals surface area contributed by atoms with Crippen molar-refractivity contribution in [2.24, 2.45) is 0 Å². The van der Waals surface area contributed by atoms with Crippen LogP contribution in [-0.4, -0.2) is 113 Å². The Kier molecular flexibility index (Phi) is 6.60. The summed E-state index contributed by atoms with van der Waals surface area (Å²) >= 11 is 0. The highest BCUT2D eigenvalue weighted by molar-refractivity contribution is 5.97. The summed E-state index contributed by atoms with van der Waals surface area (Å²) in [7, 11) is 3.65. The molecule has 0 radical (unpaired) electrons. The van der Waals surface area contributed by atoms with Gasteiger partial charge >= 0.3 is 0 Å². The highest BCUT2D eigenvalue weighted by Gasteiger charge is 2.38. The third-order valence-corrected chi connectivity index (χ3v) is 7.57. The van der Waals surface area contributed by atoms with Crippen molar-refractivity contribution in [3.05, 3.63) is 52.8 Å². The SMILES string of the molecule is COc1c2c(cc3c1C(c1nnnn1-c1ccccc1C(=O)N1CCN(CCO)CC1)N(C)CC3)OCO2. The molecule has 38 heavy (non-hydrogen) atoms. The molecule has 12 heteroatoms. The number of hydrogen-bond donors (Lipinski definition) is 1. The molecule has 1 fully saturated rings. The first-order valence-electron chi connectivity index (χ1n) is 12.8. The number of carbonyl (C=O) groups excluding carboxylic acids is 1. The third kappa shape index (κ3) is 4.14. The minimum atomic E-state index is -0.330. The zero-order valence-electron chi connectivity index (χ0n) is 21.5. The van der Waals surface area contributed by atoms with Gasteiger partial charge in [0.25, 0.3) is 5.91 Å². The van der Waals surface area contributed by atoms with Crippen molar-refractivity contribution in [2.45, 2.75) is 12.5 Å². The molecule has 4 heterocycles. The normalized spacial score (nSPS) is 19.4. The minimum absolute atomic E-state index is 0.0657. The van der Waals surface area contributed by atoms with Crippen LogP contribution in [0.2, 0.25) is 0 Å². The Hall–Kier alpha value is -3.74. The van der Waals surface area contributed by atoms with Crippen LogP contribution >= 0.6 is 0 Å². The molecular weight excluding hydrogens is 490 g/mol. The summed E-state index contributed by atoms with van der Waals surface area (Å²) in [6.45, 7) is 4.31. The van der Waals surface area contributed by atoms with Crippen LogP contribution in [0.4, 0.5) is 0 Å². The highest BCUT2D eigenvalue weighted by atomic mass is 16.7. The second-order valence-electron chi connectivity index (χ2n) is 9.67. The quantitative estimate of drug-likeness (QED) is 0.497. The predicted molar refractivity (Wildman–Crippen MR) is 136 cm³/mol. The minimum Gasteiger partial charge on any atom is -0.492 e. The maximum Gasteiger partial charge on any atom is 0.256 e. The second-order valence-corrected chi connectivity index (χ2v) is 9.67. The first kappa shape index (κ1) is 24.6. The Morgan fingerprint density at radius 3 is 2.76 bits per heavy atom. The van der Waals surface area contributed by atoms with Crippen molar-refractivity contribution >= 4 is 5.91 Å². The first-order chi connectivity index (χ1) is 18.6. The largest absolute Gasteiger partial charge is 0.492 e. The fourth-order valence-electron chi connectivity index (χ4n) is 5.62. The van der Waals surface area contributed by atoms with E-state index in [-0.39, 0.29) is 25.3 Å². The molecule has 2 aromatic carbocycles. The van der Waals surface area contributed by atoms with Crippen molar-refractivity contribution < 1.29 is 24.1 Å². The summed E-state index contributed by atoms with van der Waals surface area (Å²) in [5.74, 6) is 2.40. The molecule has 1 amide bonds. The van der Waals surface area contributed by atoms with Gasteiger partial charge in [-0.2, -0.15) is 4.68 Å². The van der Waals surface area contributed by atoms with E-state index in [1.807, 2.05) is 42.3 Å². The van der Waals surface area contributed by atoms with E-state index in [9.17, 15) is 9.90 Å². The summed E-state index contributed by atoms with van der Waals surface area (Å²) in [5, 5.41) is 22.1. The van der Waals surface area contributed by atoms with Gasteiger partial charge in [0, 0.05) is 44.8 Å². The molecule has 200 valence electrons. The number of fused-ring (bicyclic) bond motifs is 2. The number of carbonyl (C=O) groups is 1. The van der Waals surface area contributed by atoms with Gasteiger partial charge in [0.15, 0.2) is 17.3 Å². The lowest BCUT2D eigenvalue weighted by Gasteiger charge is -2.35. The van der Waals surface area contributed by atoms with Gasteiger partial charge in [-0.15, -0.1) is 5.10 Å². The number of tetrazole rings is 1. The maximum absolute atomic E-state index is 13.7. The number of rotatable bonds is 6. The molecule has 1 unspecified atom stereocenters. The van der Waals surface area contributed by atoms with Gasteiger partial charge in [-0.1, -0.05) is 12.1 Å². The molecule has 3 aliphatic rings. The number of amides is 1. The standard InChI is InChI=1S/C26H31N7O5/c1-30-8-7-17-15-20-23(38-16-37-20)24(36-2)21(17)22(30)25-27-28-29-33(25)19-6-4-3-5-18(19)26(35)32-11-9-31(10-12-32)13-14-34/h3-6,15,22,34H,7-14,16H2,1-2H3. The van der Waals surface area contributed by atoms with Crippen LogP contribution in [0, 0.1) is 0 Å². The third-order valence-electron chi connectivity index (χ3n) is 7.57. The van der Waals surface area contributed by atoms with Crippen LogP contribution in [0.3, 0.4) is 0 Å². The Morgan fingerprint density at radius 1 is 1.16 bits per heavy atom. The van der Waals surface area contributed by atoms with Crippen molar-refractivity contribution in [2.75, 3.05) is 66.8 Å². The van der Waals surface area contributed by atoms with Crippen LogP contribution < -0.4 is 14.2 Å². The lowest BCUT2D eigenvalue weighted by molar-refractivity contribution is 0.0614. The Labute approximate surface area is 220 Å². The fourth-order valence-corrected chi connectivity index (χ4v) is 5.62. The van der Waals surface area contributed by atoms with Gasteiger partial charge in [-0.05, 0) is 47.7 Å². The average Bonchev–Trinajstić information content (AvgIpc) is 3.62. The highest BCUT2D eigenvalue weighted by Crippen LogP contribution is 2.50. The van der Waals surface area contributed by atoms with Crippen LogP contribution in [0.1, 0.15) is 33.4 Å². The van der Waals surface area contributed by atoms with E-state index in [0.29, 0.717) is 54.0 Å². The van der Waals surface area contributed by atoms with E-state index in [1.54, 1.807) is 11.8 Å². The molecule has 0 bridgehead atoms. The Bertz CT molecular complexity index is 1340. The van der Waals surface area contributed by atoms with E-state index >= 15 is 0 Å². The lowest BCUT2D eigenvalue weighted by Crippen LogP contribution is -2.49. The number of para-hydroxylation sites is 1. The molecule has 12 nitrogen and oxygen atoms in total. The van der Waals surface area contributed by atoms with E-state index in [2.05, 4.69) is 25.3 Å². The molecule has 1 N–H and O–H groups in total. The second kappa shape index (κ2) is 10.2. The van der Waals surface area contributed by atoms with E-state index in [0.717, 1.165) is 37.2 Å². The zero-order valence-corrected chi connectivity index (χ0v) is 21.5. The first-order valence-corrected chi connectivity index (χ1v) is 12.8. The topological polar surface area (TPSA) is 118 Å². The number of aromatic nitrogens is 4. The molecule has 6 rings (SSSR count). The number of methoxy groups -OCH3 is 1. The van der Waals surface area contributed by atoms with Gasteiger partial charge in [0.1, 0.15) is 6.04 Å². The maximum atomic E-state index is 13.7. The Morgan fingerprint density at radius 2 is 1.97 bits per heavy atom. The van der Waals surface area contributed by atoms with E-state index < -0.39 is 0 Å². The number of nitrogens with zero attached hydrogens (tertiary/aromatic N) is 7. The van der Waals surface area contributed by atoms with Crippen molar-refractivity contribution in [3.63, 3.8) is 0 Å². The molecule has 3 aliphatic heterocycles. The molecule has 0 spiro atoms. The number of β-amino-alcohol motifs (C(OH)–C–C–N with tert-alkyl or cyclic N) is 1. The van der Waals surface area contributed by atoms with Crippen molar-refractivity contribution in [1.29, 1.82) is 0 Å². The van der Waals surface area contributed by atoms with Crippen LogP contribution in [0.5, 0.6) is 17.2 Å². The van der Waals surface area contributed by atoms with Gasteiger partial charge in [-0.25, -0.2) is 0 Å². The molecule has 1 atom stereocenters. The molecule has 1 aromatic heterocycles.